The van der Waals surface area contributed by atoms with Crippen LogP contribution >= 0.6 is 0 Å². The van der Waals surface area contributed by atoms with Gasteiger partial charge in [0.2, 0.25) is 0 Å². The van der Waals surface area contributed by atoms with Crippen molar-refractivity contribution in [2.45, 2.75) is 33.6 Å². The number of nitrogens with zero attached hydrogens (tertiary/aromatic N) is 2. The van der Waals surface area contributed by atoms with E-state index >= 15 is 0 Å². The van der Waals surface area contributed by atoms with Crippen LogP contribution in [0.3, 0.4) is 0 Å². The first-order chi connectivity index (χ1) is 8.09. The maximum atomic E-state index is 12.4. The third-order valence-electron chi connectivity index (χ3n) is 3.63. The molecule has 3 nitrogen and oxygen atoms in total. The molecule has 1 fully saturated rings. The van der Waals surface area contributed by atoms with Crippen molar-refractivity contribution in [1.29, 1.82) is 0 Å². The van der Waals surface area contributed by atoms with Gasteiger partial charge in [-0.2, -0.15) is 0 Å². The van der Waals surface area contributed by atoms with Crippen molar-refractivity contribution < 1.29 is 4.79 Å². The van der Waals surface area contributed by atoms with Crippen LogP contribution in [0.1, 0.15) is 41.4 Å². The quantitative estimate of drug-likeness (QED) is 0.745. The fourth-order valence-corrected chi connectivity index (χ4v) is 2.42. The highest BCUT2D eigenvalue weighted by Crippen LogP contribution is 2.19. The van der Waals surface area contributed by atoms with E-state index in [9.17, 15) is 4.79 Å². The normalized spacial score (nSPS) is 20.4. The van der Waals surface area contributed by atoms with E-state index in [4.69, 9.17) is 0 Å². The average Bonchev–Trinajstić information content (AvgIpc) is 2.32. The summed E-state index contributed by atoms with van der Waals surface area (Å²) >= 11 is 0. The van der Waals surface area contributed by atoms with Gasteiger partial charge in [-0.3, -0.25) is 9.78 Å². The van der Waals surface area contributed by atoms with Crippen LogP contribution in [-0.2, 0) is 0 Å². The zero-order chi connectivity index (χ0) is 12.4. The molecule has 92 valence electrons. The van der Waals surface area contributed by atoms with E-state index in [2.05, 4.69) is 11.9 Å². The van der Waals surface area contributed by atoms with E-state index in [1.54, 1.807) is 6.20 Å². The molecule has 0 bridgehead atoms. The van der Waals surface area contributed by atoms with Gasteiger partial charge in [0.05, 0.1) is 0 Å². The fraction of sp³-hybridized carbons (Fsp3) is 0.571. The molecule has 2 rings (SSSR count). The Bertz CT molecular complexity index is 428. The Labute approximate surface area is 103 Å². The van der Waals surface area contributed by atoms with Crippen LogP contribution in [0.25, 0.3) is 0 Å². The third kappa shape index (κ3) is 2.48. The molecule has 1 atom stereocenters. The first kappa shape index (κ1) is 12.1. The van der Waals surface area contributed by atoms with Gasteiger partial charge < -0.3 is 4.90 Å². The molecule has 1 aromatic rings. The van der Waals surface area contributed by atoms with Gasteiger partial charge in [0.25, 0.3) is 5.91 Å². The number of carbonyl (C=O) groups is 1. The van der Waals surface area contributed by atoms with E-state index in [0.29, 0.717) is 5.92 Å². The Morgan fingerprint density at radius 2 is 2.24 bits per heavy atom. The lowest BCUT2D eigenvalue weighted by Crippen LogP contribution is -2.39. The molecule has 1 aromatic heterocycles. The van der Waals surface area contributed by atoms with Gasteiger partial charge in [0.15, 0.2) is 0 Å². The molecule has 0 N–H and O–H groups in total. The van der Waals surface area contributed by atoms with Crippen molar-refractivity contribution in [1.82, 2.24) is 9.88 Å². The Kier molecular flexibility index (Phi) is 3.46. The molecule has 1 aliphatic rings. The van der Waals surface area contributed by atoms with Crippen LogP contribution in [-0.4, -0.2) is 28.9 Å². The Balaban J connectivity index is 2.22. The van der Waals surface area contributed by atoms with Gasteiger partial charge in [-0.15, -0.1) is 0 Å². The third-order valence-corrected chi connectivity index (χ3v) is 3.63. The fourth-order valence-electron chi connectivity index (χ4n) is 2.42. The van der Waals surface area contributed by atoms with Crippen molar-refractivity contribution in [2.75, 3.05) is 13.1 Å². The van der Waals surface area contributed by atoms with Gasteiger partial charge in [0, 0.05) is 30.5 Å². The minimum Gasteiger partial charge on any atom is -0.338 e. The second-order valence-corrected chi connectivity index (χ2v) is 5.07. The average molecular weight is 232 g/mol. The smallest absolute Gasteiger partial charge is 0.254 e. The molecule has 17 heavy (non-hydrogen) atoms. The summed E-state index contributed by atoms with van der Waals surface area (Å²) in [6, 6.07) is 1.84. The van der Waals surface area contributed by atoms with Gasteiger partial charge in [-0.25, -0.2) is 0 Å². The number of rotatable bonds is 1. The molecule has 3 heteroatoms. The maximum absolute atomic E-state index is 12.4. The number of piperidine rings is 1. The molecule has 1 unspecified atom stereocenters. The molecule has 0 saturated carbocycles. The number of amides is 1. The number of aryl methyl sites for hydroxylation is 1. The first-order valence-corrected chi connectivity index (χ1v) is 6.31. The highest BCUT2D eigenvalue weighted by Gasteiger charge is 2.23. The number of hydrogen-bond donors (Lipinski definition) is 0. The molecule has 0 radical (unpaired) electrons. The number of carbonyl (C=O) groups excluding carboxylic acids is 1. The number of likely N-dealkylation sites (tertiary alicyclic amines) is 1. The molecule has 1 saturated heterocycles. The van der Waals surface area contributed by atoms with E-state index in [-0.39, 0.29) is 5.91 Å². The molecule has 0 aromatic carbocycles. The summed E-state index contributed by atoms with van der Waals surface area (Å²) in [5.74, 6) is 0.787. The maximum Gasteiger partial charge on any atom is 0.254 e. The monoisotopic (exact) mass is 232 g/mol. The molecule has 0 aliphatic carbocycles. The first-order valence-electron chi connectivity index (χ1n) is 6.31. The van der Waals surface area contributed by atoms with Gasteiger partial charge >= 0.3 is 0 Å². The second kappa shape index (κ2) is 4.86. The van der Waals surface area contributed by atoms with E-state index in [1.807, 2.05) is 24.8 Å². The molecular formula is C14H20N2O. The number of hydrogen-bond acceptors (Lipinski definition) is 2. The number of pyridine rings is 1. The Morgan fingerprint density at radius 1 is 1.47 bits per heavy atom. The van der Waals surface area contributed by atoms with Crippen LogP contribution < -0.4 is 0 Å². The van der Waals surface area contributed by atoms with Gasteiger partial charge in [0.1, 0.15) is 0 Å². The van der Waals surface area contributed by atoms with Crippen molar-refractivity contribution in [2.24, 2.45) is 5.92 Å². The molecule has 2 heterocycles. The van der Waals surface area contributed by atoms with Crippen molar-refractivity contribution >= 4 is 5.91 Å². The van der Waals surface area contributed by atoms with Crippen LogP contribution in [0.4, 0.5) is 0 Å². The Morgan fingerprint density at radius 3 is 2.94 bits per heavy atom. The minimum atomic E-state index is 0.166. The summed E-state index contributed by atoms with van der Waals surface area (Å²) in [6.45, 7) is 7.92. The van der Waals surface area contributed by atoms with Crippen molar-refractivity contribution in [3.05, 3.63) is 29.1 Å². The lowest BCUT2D eigenvalue weighted by molar-refractivity contribution is 0.0682. The molecule has 1 aliphatic heterocycles. The predicted octanol–water partition coefficient (Wildman–Crippen LogP) is 2.57. The standard InChI is InChI=1S/C14H20N2O/c1-10-5-4-8-16(9-10)14(17)13-6-7-15-12(3)11(13)2/h6-7,10H,4-5,8-9H2,1-3H3. The second-order valence-electron chi connectivity index (χ2n) is 5.07. The summed E-state index contributed by atoms with van der Waals surface area (Å²) < 4.78 is 0. The van der Waals surface area contributed by atoms with Gasteiger partial charge in [-0.05, 0) is 44.2 Å². The summed E-state index contributed by atoms with van der Waals surface area (Å²) in [5.41, 5.74) is 2.77. The summed E-state index contributed by atoms with van der Waals surface area (Å²) in [5, 5.41) is 0. The largest absolute Gasteiger partial charge is 0.338 e. The van der Waals surface area contributed by atoms with E-state index < -0.39 is 0 Å². The predicted molar refractivity (Wildman–Crippen MR) is 68.0 cm³/mol. The summed E-state index contributed by atoms with van der Waals surface area (Å²) in [6.07, 6.45) is 4.08. The van der Waals surface area contributed by atoms with E-state index in [1.165, 1.54) is 6.42 Å². The molecule has 0 spiro atoms. The zero-order valence-corrected chi connectivity index (χ0v) is 10.9. The van der Waals surface area contributed by atoms with Crippen LogP contribution in [0.2, 0.25) is 0 Å². The van der Waals surface area contributed by atoms with Crippen LogP contribution in [0, 0.1) is 19.8 Å². The topological polar surface area (TPSA) is 33.2 Å². The van der Waals surface area contributed by atoms with Crippen molar-refractivity contribution in [3.8, 4) is 0 Å². The highest BCUT2D eigenvalue weighted by atomic mass is 16.2. The lowest BCUT2D eigenvalue weighted by Gasteiger charge is -2.31. The van der Waals surface area contributed by atoms with E-state index in [0.717, 1.165) is 36.3 Å². The highest BCUT2D eigenvalue weighted by molar-refractivity contribution is 5.95. The molecule has 1 amide bonds. The lowest BCUT2D eigenvalue weighted by atomic mass is 9.98. The SMILES string of the molecule is Cc1nccc(C(=O)N2CCCC(C)C2)c1C. The summed E-state index contributed by atoms with van der Waals surface area (Å²) in [4.78, 5) is 18.6. The number of aromatic nitrogens is 1. The van der Waals surface area contributed by atoms with Crippen LogP contribution in [0.5, 0.6) is 0 Å². The zero-order valence-electron chi connectivity index (χ0n) is 10.9. The van der Waals surface area contributed by atoms with Crippen LogP contribution in [0.15, 0.2) is 12.3 Å². The summed E-state index contributed by atoms with van der Waals surface area (Å²) in [7, 11) is 0. The minimum absolute atomic E-state index is 0.166. The Hall–Kier alpha value is -1.38. The molecular weight excluding hydrogens is 212 g/mol. The van der Waals surface area contributed by atoms with Gasteiger partial charge in [-0.1, -0.05) is 6.92 Å². The van der Waals surface area contributed by atoms with Crippen molar-refractivity contribution in [3.63, 3.8) is 0 Å².